The largest absolute Gasteiger partial charge is 0.283 e. The molecule has 0 fully saturated rings. The molecule has 1 N–H and O–H groups in total. The number of benzene rings is 1. The summed E-state index contributed by atoms with van der Waals surface area (Å²) in [5.41, 5.74) is 1.18. The number of nitrogens with one attached hydrogen (secondary N) is 1. The van der Waals surface area contributed by atoms with Crippen LogP contribution < -0.4 is 4.72 Å². The molecule has 1 aromatic rings. The second-order valence-corrected chi connectivity index (χ2v) is 5.68. The van der Waals surface area contributed by atoms with E-state index in [4.69, 9.17) is 0 Å². The van der Waals surface area contributed by atoms with Crippen molar-refractivity contribution in [1.29, 1.82) is 0 Å². The lowest BCUT2D eigenvalue weighted by Gasteiger charge is -2.12. The van der Waals surface area contributed by atoms with Crippen molar-refractivity contribution in [1.82, 2.24) is 0 Å². The third-order valence-corrected chi connectivity index (χ3v) is 3.75. The third kappa shape index (κ3) is 2.94. The molecule has 0 amide bonds. The fourth-order valence-corrected chi connectivity index (χ4v) is 2.19. The van der Waals surface area contributed by atoms with E-state index in [1.165, 1.54) is 26.0 Å². The van der Waals surface area contributed by atoms with Crippen LogP contribution in [0.15, 0.2) is 12.1 Å². The lowest BCUT2D eigenvalue weighted by molar-refractivity contribution is -0.385. The van der Waals surface area contributed by atoms with Crippen LogP contribution in [0, 0.1) is 24.0 Å². The summed E-state index contributed by atoms with van der Waals surface area (Å²) in [5.74, 6) is -0.0748. The van der Waals surface area contributed by atoms with E-state index < -0.39 is 14.9 Å². The Morgan fingerprint density at radius 1 is 1.35 bits per heavy atom. The van der Waals surface area contributed by atoms with Gasteiger partial charge in [-0.15, -0.1) is 0 Å². The first kappa shape index (κ1) is 13.4. The second-order valence-electron chi connectivity index (χ2n) is 3.66. The van der Waals surface area contributed by atoms with E-state index >= 15 is 0 Å². The summed E-state index contributed by atoms with van der Waals surface area (Å²) in [6, 6.07) is 2.90. The summed E-state index contributed by atoms with van der Waals surface area (Å²) in [6.07, 6.45) is 0. The van der Waals surface area contributed by atoms with Gasteiger partial charge in [0.2, 0.25) is 10.0 Å². The molecule has 0 saturated carbocycles. The Balaban J connectivity index is 3.33. The van der Waals surface area contributed by atoms with Gasteiger partial charge in [-0.05, 0) is 26.3 Å². The molecule has 0 saturated heterocycles. The number of hydrogen-bond donors (Lipinski definition) is 1. The summed E-state index contributed by atoms with van der Waals surface area (Å²) >= 11 is 0. The fourth-order valence-electron chi connectivity index (χ4n) is 1.42. The molecule has 0 aromatic heterocycles. The van der Waals surface area contributed by atoms with Gasteiger partial charge in [-0.1, -0.05) is 6.07 Å². The third-order valence-electron chi connectivity index (χ3n) is 2.48. The smallest absolute Gasteiger partial charge is 0.274 e. The molecule has 0 aliphatic carbocycles. The predicted octanol–water partition coefficient (Wildman–Crippen LogP) is 1.97. The normalized spacial score (nSPS) is 11.2. The van der Waals surface area contributed by atoms with Gasteiger partial charge >= 0.3 is 0 Å². The Hall–Kier alpha value is -1.63. The molecule has 6 nitrogen and oxygen atoms in total. The average molecular weight is 258 g/mol. The molecule has 1 rings (SSSR count). The number of aryl methyl sites for hydroxylation is 1. The lowest BCUT2D eigenvalue weighted by Crippen LogP contribution is -2.16. The van der Waals surface area contributed by atoms with Crippen LogP contribution in [0.25, 0.3) is 0 Å². The van der Waals surface area contributed by atoms with Crippen molar-refractivity contribution >= 4 is 21.4 Å². The molecule has 0 atom stereocenters. The predicted molar refractivity (Wildman–Crippen MR) is 65.7 cm³/mol. The van der Waals surface area contributed by atoms with Crippen molar-refractivity contribution in [2.45, 2.75) is 20.8 Å². The minimum Gasteiger partial charge on any atom is -0.283 e. The van der Waals surface area contributed by atoms with Crippen LogP contribution in [0.1, 0.15) is 18.1 Å². The molecule has 17 heavy (non-hydrogen) atoms. The SMILES string of the molecule is CCS(=O)(=O)Nc1c(C)ccc([N+](=O)[O-])c1C. The lowest BCUT2D eigenvalue weighted by atomic mass is 10.1. The Morgan fingerprint density at radius 3 is 2.41 bits per heavy atom. The molecule has 0 radical (unpaired) electrons. The first-order chi connectivity index (χ1) is 7.78. The minimum absolute atomic E-state index is 0.0748. The fraction of sp³-hybridized carbons (Fsp3) is 0.400. The highest BCUT2D eigenvalue weighted by atomic mass is 32.2. The Labute approximate surface area is 99.9 Å². The van der Waals surface area contributed by atoms with Crippen molar-refractivity contribution < 1.29 is 13.3 Å². The van der Waals surface area contributed by atoms with Crippen molar-refractivity contribution in [3.05, 3.63) is 33.4 Å². The highest BCUT2D eigenvalue weighted by Crippen LogP contribution is 2.29. The standard InChI is InChI=1S/C10H14N2O4S/c1-4-17(15,16)11-10-7(2)5-6-9(8(10)3)12(13)14/h5-6,11H,4H2,1-3H3. The van der Waals surface area contributed by atoms with Gasteiger partial charge in [-0.3, -0.25) is 14.8 Å². The number of nitro benzene ring substituents is 1. The van der Waals surface area contributed by atoms with Gasteiger partial charge in [-0.2, -0.15) is 0 Å². The molecule has 1 aromatic carbocycles. The van der Waals surface area contributed by atoms with Crippen molar-refractivity contribution in [3.63, 3.8) is 0 Å². The van der Waals surface area contributed by atoms with E-state index in [9.17, 15) is 18.5 Å². The highest BCUT2D eigenvalue weighted by Gasteiger charge is 2.18. The van der Waals surface area contributed by atoms with Crippen LogP contribution in [0.5, 0.6) is 0 Å². The number of nitrogens with zero attached hydrogens (tertiary/aromatic N) is 1. The van der Waals surface area contributed by atoms with Gasteiger partial charge in [0.05, 0.1) is 21.9 Å². The van der Waals surface area contributed by atoms with E-state index in [1.807, 2.05) is 0 Å². The van der Waals surface area contributed by atoms with Gasteiger partial charge < -0.3 is 0 Å². The molecular weight excluding hydrogens is 244 g/mol. The van der Waals surface area contributed by atoms with Crippen LogP contribution in [0.2, 0.25) is 0 Å². The number of hydrogen-bond acceptors (Lipinski definition) is 4. The first-order valence-corrected chi connectivity index (χ1v) is 6.68. The van der Waals surface area contributed by atoms with E-state index in [0.717, 1.165) is 0 Å². The van der Waals surface area contributed by atoms with E-state index in [0.29, 0.717) is 16.8 Å². The quantitative estimate of drug-likeness (QED) is 0.660. The van der Waals surface area contributed by atoms with Crippen LogP contribution >= 0.6 is 0 Å². The molecule has 0 bridgehead atoms. The van der Waals surface area contributed by atoms with E-state index in [2.05, 4.69) is 4.72 Å². The maximum absolute atomic E-state index is 11.5. The second kappa shape index (κ2) is 4.70. The number of rotatable bonds is 4. The number of sulfonamides is 1. The minimum atomic E-state index is -3.43. The summed E-state index contributed by atoms with van der Waals surface area (Å²) in [5, 5.41) is 10.7. The van der Waals surface area contributed by atoms with Crippen molar-refractivity contribution in [3.8, 4) is 0 Å². The Morgan fingerprint density at radius 2 is 1.94 bits per heavy atom. The Bertz CT molecular complexity index is 552. The zero-order chi connectivity index (χ0) is 13.2. The van der Waals surface area contributed by atoms with Gasteiger partial charge in [0.15, 0.2) is 0 Å². The number of anilines is 1. The summed E-state index contributed by atoms with van der Waals surface area (Å²) in [6.45, 7) is 4.73. The Kier molecular flexibility index (Phi) is 3.72. The van der Waals surface area contributed by atoms with E-state index in [1.54, 1.807) is 6.92 Å². The molecular formula is C10H14N2O4S. The zero-order valence-electron chi connectivity index (χ0n) is 9.85. The average Bonchev–Trinajstić information content (AvgIpc) is 2.23. The number of nitro groups is 1. The van der Waals surface area contributed by atoms with Crippen LogP contribution in [0.4, 0.5) is 11.4 Å². The van der Waals surface area contributed by atoms with Gasteiger partial charge in [0.25, 0.3) is 5.69 Å². The first-order valence-electron chi connectivity index (χ1n) is 5.03. The molecule has 7 heteroatoms. The van der Waals surface area contributed by atoms with Crippen LogP contribution in [-0.2, 0) is 10.0 Å². The summed E-state index contributed by atoms with van der Waals surface area (Å²) < 4.78 is 25.3. The van der Waals surface area contributed by atoms with Crippen LogP contribution in [-0.4, -0.2) is 19.1 Å². The molecule has 0 spiro atoms. The van der Waals surface area contributed by atoms with Gasteiger partial charge in [-0.25, -0.2) is 8.42 Å². The van der Waals surface area contributed by atoms with E-state index in [-0.39, 0.29) is 11.4 Å². The zero-order valence-corrected chi connectivity index (χ0v) is 10.7. The molecule has 0 unspecified atom stereocenters. The molecule has 0 aliphatic rings. The maximum Gasteiger partial charge on any atom is 0.274 e. The summed E-state index contributed by atoms with van der Waals surface area (Å²) in [7, 11) is -3.43. The molecule has 94 valence electrons. The van der Waals surface area contributed by atoms with Gasteiger partial charge in [0, 0.05) is 6.07 Å². The van der Waals surface area contributed by atoms with Gasteiger partial charge in [0.1, 0.15) is 0 Å². The maximum atomic E-state index is 11.5. The molecule has 0 heterocycles. The highest BCUT2D eigenvalue weighted by molar-refractivity contribution is 7.92. The van der Waals surface area contributed by atoms with Crippen molar-refractivity contribution in [2.24, 2.45) is 0 Å². The van der Waals surface area contributed by atoms with Crippen LogP contribution in [0.3, 0.4) is 0 Å². The molecule has 0 aliphatic heterocycles. The monoisotopic (exact) mass is 258 g/mol. The van der Waals surface area contributed by atoms with Crippen molar-refractivity contribution in [2.75, 3.05) is 10.5 Å². The topological polar surface area (TPSA) is 89.3 Å². The summed E-state index contributed by atoms with van der Waals surface area (Å²) in [4.78, 5) is 10.2.